The van der Waals surface area contributed by atoms with E-state index in [9.17, 15) is 17.6 Å². The fraction of sp³-hybridized carbons (Fsp3) is 0.304. The second kappa shape index (κ2) is 10.1. The molecule has 3 aromatic rings. The monoisotopic (exact) mass is 489 g/mol. The predicted octanol–water partition coefficient (Wildman–Crippen LogP) is 3.15. The van der Waals surface area contributed by atoms with Gasteiger partial charge in [0.05, 0.1) is 12.7 Å². The number of aromatic nitrogens is 1. The van der Waals surface area contributed by atoms with Crippen molar-refractivity contribution in [2.24, 2.45) is 0 Å². The summed E-state index contributed by atoms with van der Waals surface area (Å²) in [5.74, 6) is -1.04. The zero-order chi connectivity index (χ0) is 23.4. The molecular weight excluding hydrogens is 465 g/mol. The Balaban J connectivity index is 1.55. The van der Waals surface area contributed by atoms with Gasteiger partial charge in [-0.3, -0.25) is 9.88 Å². The van der Waals surface area contributed by atoms with Crippen LogP contribution < -0.4 is 4.72 Å². The Kier molecular flexibility index (Phi) is 7.18. The lowest BCUT2D eigenvalue weighted by atomic mass is 10.0. The van der Waals surface area contributed by atoms with Gasteiger partial charge in [-0.25, -0.2) is 22.3 Å². The van der Waals surface area contributed by atoms with Gasteiger partial charge in [0.25, 0.3) is 10.0 Å². The minimum absolute atomic E-state index is 0.0145. The van der Waals surface area contributed by atoms with E-state index in [0.29, 0.717) is 31.6 Å². The number of pyridine rings is 1. The lowest BCUT2D eigenvalue weighted by Crippen LogP contribution is -2.30. The molecule has 0 radical (unpaired) electrons. The minimum atomic E-state index is -3.98. The van der Waals surface area contributed by atoms with Crippen LogP contribution in [0.5, 0.6) is 0 Å². The van der Waals surface area contributed by atoms with E-state index >= 15 is 0 Å². The second-order valence-electron chi connectivity index (χ2n) is 7.71. The highest BCUT2D eigenvalue weighted by Crippen LogP contribution is 2.37. The molecule has 0 fully saturated rings. The number of thiophene rings is 1. The van der Waals surface area contributed by atoms with Crippen LogP contribution in [0.3, 0.4) is 0 Å². The Morgan fingerprint density at radius 1 is 1.24 bits per heavy atom. The van der Waals surface area contributed by atoms with E-state index in [0.717, 1.165) is 27.3 Å². The summed E-state index contributed by atoms with van der Waals surface area (Å²) in [5.41, 5.74) is 2.37. The van der Waals surface area contributed by atoms with Gasteiger partial charge in [0, 0.05) is 43.4 Å². The summed E-state index contributed by atoms with van der Waals surface area (Å²) in [5, 5.41) is 0. The largest absolute Gasteiger partial charge is 0.465 e. The molecule has 0 saturated heterocycles. The van der Waals surface area contributed by atoms with Crippen molar-refractivity contribution >= 4 is 27.3 Å². The lowest BCUT2D eigenvalue weighted by Gasteiger charge is -2.27. The second-order valence-corrected chi connectivity index (χ2v) is 10.8. The average Bonchev–Trinajstić information content (AvgIpc) is 3.20. The maximum atomic E-state index is 13.9. The number of hydrogen-bond acceptors (Lipinski definition) is 7. The SMILES string of the molecule is COC(=O)c1c(S(=O)(=O)NCCc2ccccc2F)sc2c1CCN(Cc1ccncc1)C2. The highest BCUT2D eigenvalue weighted by Gasteiger charge is 2.34. The molecule has 174 valence electrons. The van der Waals surface area contributed by atoms with Gasteiger partial charge in [-0.1, -0.05) is 18.2 Å². The van der Waals surface area contributed by atoms with Crippen molar-refractivity contribution in [1.82, 2.24) is 14.6 Å². The third-order valence-corrected chi connectivity index (χ3v) is 8.73. The molecule has 10 heteroatoms. The number of sulfonamides is 1. The van der Waals surface area contributed by atoms with Crippen LogP contribution in [0.25, 0.3) is 0 Å². The number of carbonyl (C=O) groups is 1. The first-order chi connectivity index (χ1) is 15.9. The van der Waals surface area contributed by atoms with Crippen molar-refractivity contribution in [2.45, 2.75) is 30.1 Å². The number of hydrogen-bond donors (Lipinski definition) is 1. The van der Waals surface area contributed by atoms with Crippen LogP contribution in [0.15, 0.2) is 53.0 Å². The Hall–Kier alpha value is -2.66. The molecule has 0 unspecified atom stereocenters. The summed E-state index contributed by atoms with van der Waals surface area (Å²) < 4.78 is 47.5. The van der Waals surface area contributed by atoms with Gasteiger partial charge >= 0.3 is 5.97 Å². The van der Waals surface area contributed by atoms with E-state index in [-0.39, 0.29) is 28.6 Å². The fourth-order valence-corrected chi connectivity index (χ4v) is 6.90. The first kappa shape index (κ1) is 23.5. The quantitative estimate of drug-likeness (QED) is 0.489. The summed E-state index contributed by atoms with van der Waals surface area (Å²) in [6.45, 7) is 1.95. The maximum Gasteiger partial charge on any atom is 0.340 e. The smallest absolute Gasteiger partial charge is 0.340 e. The topological polar surface area (TPSA) is 88.6 Å². The summed E-state index contributed by atoms with van der Waals surface area (Å²) in [6.07, 6.45) is 4.22. The number of methoxy groups -OCH3 is 1. The molecule has 2 aromatic heterocycles. The average molecular weight is 490 g/mol. The van der Waals surface area contributed by atoms with Gasteiger partial charge in [0.15, 0.2) is 0 Å². The zero-order valence-corrected chi connectivity index (χ0v) is 19.7. The molecule has 1 N–H and O–H groups in total. The molecule has 0 spiro atoms. The van der Waals surface area contributed by atoms with Gasteiger partial charge in [0.2, 0.25) is 0 Å². The number of esters is 1. The Morgan fingerprint density at radius 3 is 2.73 bits per heavy atom. The predicted molar refractivity (Wildman–Crippen MR) is 123 cm³/mol. The molecule has 1 aliphatic rings. The van der Waals surface area contributed by atoms with E-state index < -0.39 is 16.0 Å². The first-order valence-electron chi connectivity index (χ1n) is 10.5. The number of ether oxygens (including phenoxy) is 1. The number of benzene rings is 1. The van der Waals surface area contributed by atoms with Gasteiger partial charge in [-0.15, -0.1) is 11.3 Å². The van der Waals surface area contributed by atoms with E-state index in [2.05, 4.69) is 14.6 Å². The van der Waals surface area contributed by atoms with Crippen LogP contribution in [-0.2, 0) is 40.7 Å². The molecule has 0 amide bonds. The van der Waals surface area contributed by atoms with Crippen LogP contribution in [0.2, 0.25) is 0 Å². The fourth-order valence-electron chi connectivity index (χ4n) is 3.90. The van der Waals surface area contributed by atoms with Crippen LogP contribution in [0.4, 0.5) is 4.39 Å². The molecule has 0 bridgehead atoms. The van der Waals surface area contributed by atoms with Gasteiger partial charge in [-0.05, 0) is 47.7 Å². The molecule has 0 atom stereocenters. The number of nitrogens with zero attached hydrogens (tertiary/aromatic N) is 2. The van der Waals surface area contributed by atoms with Gasteiger partial charge in [-0.2, -0.15) is 0 Å². The normalized spacial score (nSPS) is 14.1. The van der Waals surface area contributed by atoms with Gasteiger partial charge < -0.3 is 4.74 Å². The molecule has 7 nitrogen and oxygen atoms in total. The van der Waals surface area contributed by atoms with E-state index in [1.165, 1.54) is 13.2 Å². The number of carbonyl (C=O) groups excluding carboxylic acids is 1. The van der Waals surface area contributed by atoms with Crippen molar-refractivity contribution in [3.05, 3.63) is 81.7 Å². The summed E-state index contributed by atoms with van der Waals surface area (Å²) in [4.78, 5) is 19.6. The Bertz CT molecular complexity index is 1250. The lowest BCUT2D eigenvalue weighted by molar-refractivity contribution is 0.0595. The van der Waals surface area contributed by atoms with E-state index in [1.54, 1.807) is 30.6 Å². The third-order valence-electron chi connectivity index (χ3n) is 5.54. The highest BCUT2D eigenvalue weighted by molar-refractivity contribution is 7.91. The zero-order valence-electron chi connectivity index (χ0n) is 18.1. The van der Waals surface area contributed by atoms with Crippen LogP contribution in [0.1, 0.15) is 31.9 Å². The number of fused-ring (bicyclic) bond motifs is 1. The van der Waals surface area contributed by atoms with E-state index in [4.69, 9.17) is 4.74 Å². The molecule has 4 rings (SSSR count). The Labute approximate surface area is 196 Å². The molecular formula is C23H24FN3O4S2. The van der Waals surface area contributed by atoms with Crippen LogP contribution in [0, 0.1) is 5.82 Å². The summed E-state index contributed by atoms with van der Waals surface area (Å²) in [6, 6.07) is 10.1. The molecule has 33 heavy (non-hydrogen) atoms. The first-order valence-corrected chi connectivity index (χ1v) is 12.8. The molecule has 0 saturated carbocycles. The van der Waals surface area contributed by atoms with Gasteiger partial charge in [0.1, 0.15) is 10.0 Å². The maximum absolute atomic E-state index is 13.9. The van der Waals surface area contributed by atoms with Crippen LogP contribution >= 0.6 is 11.3 Å². The van der Waals surface area contributed by atoms with Crippen molar-refractivity contribution in [1.29, 1.82) is 0 Å². The summed E-state index contributed by atoms with van der Waals surface area (Å²) in [7, 11) is -2.74. The molecule has 1 aromatic carbocycles. The van der Waals surface area contributed by atoms with E-state index in [1.807, 2.05) is 12.1 Å². The number of nitrogens with one attached hydrogen (secondary N) is 1. The van der Waals surface area contributed by atoms with Crippen molar-refractivity contribution in [3.63, 3.8) is 0 Å². The minimum Gasteiger partial charge on any atom is -0.465 e. The molecule has 0 aliphatic carbocycles. The summed E-state index contributed by atoms with van der Waals surface area (Å²) >= 11 is 1.10. The number of rotatable bonds is 8. The number of halogens is 1. The Morgan fingerprint density at radius 2 is 2.00 bits per heavy atom. The standard InChI is InChI=1S/C23H24FN3O4S2/c1-31-22(28)21-18-9-13-27(14-16-6-10-25-11-7-16)15-20(18)32-23(21)33(29,30)26-12-8-17-4-2-3-5-19(17)24/h2-7,10-11,26H,8-9,12-15H2,1H3. The third kappa shape index (κ3) is 5.30. The molecule has 1 aliphatic heterocycles. The van der Waals surface area contributed by atoms with Crippen LogP contribution in [-0.4, -0.2) is 44.5 Å². The highest BCUT2D eigenvalue weighted by atomic mass is 32.2. The van der Waals surface area contributed by atoms with Crippen molar-refractivity contribution in [3.8, 4) is 0 Å². The van der Waals surface area contributed by atoms with Crippen molar-refractivity contribution < 1.29 is 22.3 Å². The molecule has 3 heterocycles. The van der Waals surface area contributed by atoms with Crippen molar-refractivity contribution in [2.75, 3.05) is 20.2 Å².